The summed E-state index contributed by atoms with van der Waals surface area (Å²) in [6.07, 6.45) is 1.24. The molecular formula is C20H23NO5. The Morgan fingerprint density at radius 3 is 2.35 bits per heavy atom. The number of nitrogens with one attached hydrogen (secondary N) is 1. The fourth-order valence-corrected chi connectivity index (χ4v) is 3.29. The van der Waals surface area contributed by atoms with Crippen LogP contribution in [0.3, 0.4) is 0 Å². The molecule has 0 heterocycles. The van der Waals surface area contributed by atoms with Crippen molar-refractivity contribution < 1.29 is 24.1 Å². The van der Waals surface area contributed by atoms with Crippen molar-refractivity contribution >= 4 is 5.91 Å². The van der Waals surface area contributed by atoms with Gasteiger partial charge in [-0.1, -0.05) is 0 Å². The summed E-state index contributed by atoms with van der Waals surface area (Å²) in [6, 6.07) is 10.5. The quantitative estimate of drug-likeness (QED) is 0.829. The van der Waals surface area contributed by atoms with Crippen LogP contribution in [0.4, 0.5) is 0 Å². The lowest BCUT2D eigenvalue weighted by molar-refractivity contribution is 0.0368. The minimum atomic E-state index is -1.13. The number of ether oxygens (including phenoxy) is 3. The lowest BCUT2D eigenvalue weighted by Gasteiger charge is -2.25. The van der Waals surface area contributed by atoms with Gasteiger partial charge in [0.15, 0.2) is 11.5 Å². The van der Waals surface area contributed by atoms with E-state index in [1.165, 1.54) is 0 Å². The van der Waals surface area contributed by atoms with Crippen molar-refractivity contribution in [3.05, 3.63) is 53.1 Å². The normalized spacial score (nSPS) is 18.2. The van der Waals surface area contributed by atoms with Crippen molar-refractivity contribution in [2.24, 2.45) is 0 Å². The SMILES string of the molecule is COc1ccc(C(=O)NCC2(O)CCc3cc(OC)c(OC)cc32)cc1. The highest BCUT2D eigenvalue weighted by molar-refractivity contribution is 5.94. The number of fused-ring (bicyclic) bond motifs is 1. The first-order chi connectivity index (χ1) is 12.5. The topological polar surface area (TPSA) is 77.0 Å². The lowest BCUT2D eigenvalue weighted by atomic mass is 9.95. The Kier molecular flexibility index (Phi) is 5.04. The Balaban J connectivity index is 1.75. The monoisotopic (exact) mass is 357 g/mol. The standard InChI is InChI=1S/C20H23NO5/c1-24-15-6-4-13(5-7-15)19(22)21-12-20(23)9-8-14-10-17(25-2)18(26-3)11-16(14)20/h4-7,10-11,23H,8-9,12H2,1-3H3,(H,21,22). The van der Waals surface area contributed by atoms with Gasteiger partial charge in [0.2, 0.25) is 0 Å². The molecular weight excluding hydrogens is 334 g/mol. The van der Waals surface area contributed by atoms with E-state index in [-0.39, 0.29) is 12.5 Å². The molecule has 1 unspecified atom stereocenters. The van der Waals surface area contributed by atoms with Crippen molar-refractivity contribution in [3.8, 4) is 17.2 Å². The zero-order valence-electron chi connectivity index (χ0n) is 15.2. The molecule has 0 aromatic heterocycles. The molecule has 6 heteroatoms. The largest absolute Gasteiger partial charge is 0.497 e. The predicted molar refractivity (Wildman–Crippen MR) is 97.1 cm³/mol. The second-order valence-corrected chi connectivity index (χ2v) is 6.31. The highest BCUT2D eigenvalue weighted by Gasteiger charge is 2.38. The molecule has 0 spiro atoms. The minimum Gasteiger partial charge on any atom is -0.497 e. The zero-order chi connectivity index (χ0) is 18.7. The molecule has 6 nitrogen and oxygen atoms in total. The minimum absolute atomic E-state index is 0.125. The van der Waals surface area contributed by atoms with Crippen molar-refractivity contribution in [2.75, 3.05) is 27.9 Å². The van der Waals surface area contributed by atoms with Crippen molar-refractivity contribution in [2.45, 2.75) is 18.4 Å². The van der Waals surface area contributed by atoms with Gasteiger partial charge in [-0.2, -0.15) is 0 Å². The number of aryl methyl sites for hydroxylation is 1. The van der Waals surface area contributed by atoms with Gasteiger partial charge >= 0.3 is 0 Å². The average molecular weight is 357 g/mol. The summed E-state index contributed by atoms with van der Waals surface area (Å²) in [6.45, 7) is 0.125. The molecule has 1 atom stereocenters. The molecule has 3 rings (SSSR count). The Labute approximate surface area is 152 Å². The maximum absolute atomic E-state index is 12.4. The molecule has 0 saturated carbocycles. The molecule has 1 aliphatic rings. The van der Waals surface area contributed by atoms with Gasteiger partial charge in [-0.05, 0) is 60.4 Å². The molecule has 0 aliphatic heterocycles. The second-order valence-electron chi connectivity index (χ2n) is 6.31. The highest BCUT2D eigenvalue weighted by atomic mass is 16.5. The first kappa shape index (κ1) is 18.1. The van der Waals surface area contributed by atoms with Crippen LogP contribution in [0.25, 0.3) is 0 Å². The Morgan fingerprint density at radius 2 is 1.73 bits per heavy atom. The van der Waals surface area contributed by atoms with Gasteiger partial charge < -0.3 is 24.6 Å². The molecule has 0 fully saturated rings. The number of aliphatic hydroxyl groups is 1. The summed E-state index contributed by atoms with van der Waals surface area (Å²) in [4.78, 5) is 12.4. The van der Waals surface area contributed by atoms with Gasteiger partial charge in [-0.3, -0.25) is 4.79 Å². The van der Waals surface area contributed by atoms with Gasteiger partial charge in [0, 0.05) is 5.56 Å². The van der Waals surface area contributed by atoms with Gasteiger partial charge in [-0.25, -0.2) is 0 Å². The number of hydrogen-bond acceptors (Lipinski definition) is 5. The van der Waals surface area contributed by atoms with Crippen molar-refractivity contribution in [1.82, 2.24) is 5.32 Å². The van der Waals surface area contributed by atoms with Gasteiger partial charge in [-0.15, -0.1) is 0 Å². The molecule has 1 aliphatic carbocycles. The van der Waals surface area contributed by atoms with Crippen LogP contribution in [-0.2, 0) is 12.0 Å². The number of benzene rings is 2. The number of amides is 1. The number of methoxy groups -OCH3 is 3. The van der Waals surface area contributed by atoms with E-state index in [1.807, 2.05) is 6.07 Å². The Hall–Kier alpha value is -2.73. The summed E-state index contributed by atoms with van der Waals surface area (Å²) < 4.78 is 15.7. The van der Waals surface area contributed by atoms with E-state index in [0.717, 1.165) is 11.1 Å². The van der Waals surface area contributed by atoms with E-state index in [2.05, 4.69) is 5.32 Å². The molecule has 26 heavy (non-hydrogen) atoms. The van der Waals surface area contributed by atoms with Crippen LogP contribution in [0.1, 0.15) is 27.9 Å². The molecule has 2 aromatic carbocycles. The third-order valence-electron chi connectivity index (χ3n) is 4.81. The fraction of sp³-hybridized carbons (Fsp3) is 0.350. The number of carbonyl (C=O) groups excluding carboxylic acids is 1. The summed E-state index contributed by atoms with van der Waals surface area (Å²) in [5, 5.41) is 13.9. The summed E-state index contributed by atoms with van der Waals surface area (Å²) >= 11 is 0. The van der Waals surface area contributed by atoms with E-state index in [0.29, 0.717) is 35.7 Å². The smallest absolute Gasteiger partial charge is 0.251 e. The zero-order valence-corrected chi connectivity index (χ0v) is 15.2. The van der Waals surface area contributed by atoms with Crippen LogP contribution < -0.4 is 19.5 Å². The van der Waals surface area contributed by atoms with Gasteiger partial charge in [0.1, 0.15) is 11.4 Å². The maximum Gasteiger partial charge on any atom is 0.251 e. The Bertz CT molecular complexity index is 803. The van der Waals surface area contributed by atoms with Crippen LogP contribution in [0.5, 0.6) is 17.2 Å². The first-order valence-corrected chi connectivity index (χ1v) is 8.41. The highest BCUT2D eigenvalue weighted by Crippen LogP contribution is 2.42. The molecule has 0 radical (unpaired) electrons. The molecule has 2 aromatic rings. The van der Waals surface area contributed by atoms with E-state index >= 15 is 0 Å². The Morgan fingerprint density at radius 1 is 1.08 bits per heavy atom. The van der Waals surface area contributed by atoms with E-state index < -0.39 is 5.60 Å². The summed E-state index contributed by atoms with van der Waals surface area (Å²) in [5.41, 5.74) is 1.16. The molecule has 0 bridgehead atoms. The third kappa shape index (κ3) is 3.32. The van der Waals surface area contributed by atoms with Gasteiger partial charge in [0.25, 0.3) is 5.91 Å². The number of hydrogen-bond donors (Lipinski definition) is 2. The fourth-order valence-electron chi connectivity index (χ4n) is 3.29. The molecule has 138 valence electrons. The summed E-state index contributed by atoms with van der Waals surface area (Å²) in [7, 11) is 4.72. The van der Waals surface area contributed by atoms with E-state index in [4.69, 9.17) is 14.2 Å². The first-order valence-electron chi connectivity index (χ1n) is 8.41. The van der Waals surface area contributed by atoms with E-state index in [9.17, 15) is 9.90 Å². The van der Waals surface area contributed by atoms with Crippen molar-refractivity contribution in [3.63, 3.8) is 0 Å². The molecule has 0 saturated heterocycles. The number of carbonyl (C=O) groups is 1. The molecule has 2 N–H and O–H groups in total. The van der Waals surface area contributed by atoms with Gasteiger partial charge in [0.05, 0.1) is 27.9 Å². The van der Waals surface area contributed by atoms with Crippen molar-refractivity contribution in [1.29, 1.82) is 0 Å². The average Bonchev–Trinajstić information content (AvgIpc) is 3.01. The summed E-state index contributed by atoms with van der Waals surface area (Å²) in [5.74, 6) is 1.65. The second kappa shape index (κ2) is 7.25. The third-order valence-corrected chi connectivity index (χ3v) is 4.81. The predicted octanol–water partition coefficient (Wildman–Crippen LogP) is 2.28. The lowest BCUT2D eigenvalue weighted by Crippen LogP contribution is -2.39. The molecule has 1 amide bonds. The number of rotatable bonds is 6. The van der Waals surface area contributed by atoms with Crippen LogP contribution in [0.2, 0.25) is 0 Å². The van der Waals surface area contributed by atoms with Crippen LogP contribution in [-0.4, -0.2) is 38.9 Å². The maximum atomic E-state index is 12.4. The van der Waals surface area contributed by atoms with E-state index in [1.54, 1.807) is 51.7 Å². The van der Waals surface area contributed by atoms with Crippen LogP contribution in [0, 0.1) is 0 Å². The van der Waals surface area contributed by atoms with Crippen LogP contribution in [0.15, 0.2) is 36.4 Å². The van der Waals surface area contributed by atoms with Crippen LogP contribution >= 0.6 is 0 Å².